The summed E-state index contributed by atoms with van der Waals surface area (Å²) in [5.74, 6) is -0.905. The Hall–Kier alpha value is -3.68. The maximum absolute atomic E-state index is 13.1. The first-order valence-corrected chi connectivity index (χ1v) is 10.8. The highest BCUT2D eigenvalue weighted by Crippen LogP contribution is 2.21. The van der Waals surface area contributed by atoms with Crippen LogP contribution in [0.15, 0.2) is 77.6 Å². The van der Waals surface area contributed by atoms with Crippen molar-refractivity contribution in [1.29, 1.82) is 0 Å². The first-order valence-electron chi connectivity index (χ1n) is 10.00. The van der Waals surface area contributed by atoms with E-state index in [9.17, 15) is 14.4 Å². The number of nitrogens with zero attached hydrogens (tertiary/aromatic N) is 2. The molecule has 0 atom stereocenters. The average molecular weight is 481 g/mol. The third-order valence-electron chi connectivity index (χ3n) is 4.89. The molecule has 0 unspecified atom stereocenters. The van der Waals surface area contributed by atoms with Crippen molar-refractivity contribution in [1.82, 2.24) is 15.0 Å². The van der Waals surface area contributed by atoms with Crippen molar-refractivity contribution in [2.24, 2.45) is 0 Å². The van der Waals surface area contributed by atoms with Crippen LogP contribution in [0.1, 0.15) is 21.7 Å². The van der Waals surface area contributed by atoms with E-state index in [0.717, 1.165) is 10.2 Å². The summed E-state index contributed by atoms with van der Waals surface area (Å²) in [6, 6.07) is 20.5. The monoisotopic (exact) mass is 480 g/mol. The van der Waals surface area contributed by atoms with Gasteiger partial charge in [-0.2, -0.15) is 0 Å². The topological polar surface area (TPSA) is 93.1 Å². The third kappa shape index (κ3) is 5.22. The Morgan fingerprint density at radius 1 is 0.939 bits per heavy atom. The van der Waals surface area contributed by atoms with Gasteiger partial charge < -0.3 is 5.32 Å². The van der Waals surface area contributed by atoms with Gasteiger partial charge in [0.05, 0.1) is 27.9 Å². The molecule has 0 aliphatic heterocycles. The van der Waals surface area contributed by atoms with Crippen LogP contribution in [0, 0.1) is 0 Å². The van der Waals surface area contributed by atoms with Crippen LogP contribution in [0.4, 0.5) is 0 Å². The van der Waals surface area contributed by atoms with Gasteiger partial charge in [0.2, 0.25) is 5.91 Å². The number of aromatic nitrogens is 2. The highest BCUT2D eigenvalue weighted by Gasteiger charge is 2.18. The highest BCUT2D eigenvalue weighted by atomic mass is 35.5. The number of nitrogens with one attached hydrogen (secondary N) is 2. The van der Waals surface area contributed by atoms with Crippen molar-refractivity contribution in [2.75, 3.05) is 5.43 Å². The maximum Gasteiger partial charge on any atom is 0.280 e. The SMILES string of the molecule is O=C(Cc1nc2ccccc2c(=O)n1NC(=O)c1ccc(Cl)cc1Cl)NCc1ccccc1. The molecule has 0 fully saturated rings. The molecule has 9 heteroatoms. The predicted molar refractivity (Wildman–Crippen MR) is 128 cm³/mol. The molecule has 166 valence electrons. The molecule has 0 spiro atoms. The van der Waals surface area contributed by atoms with E-state index < -0.39 is 11.5 Å². The molecule has 2 amide bonds. The number of fused-ring (bicyclic) bond motifs is 1. The van der Waals surface area contributed by atoms with E-state index in [1.165, 1.54) is 18.2 Å². The second-order valence-corrected chi connectivity index (χ2v) is 8.03. The molecule has 0 aliphatic carbocycles. The van der Waals surface area contributed by atoms with Crippen LogP contribution in [-0.2, 0) is 17.8 Å². The van der Waals surface area contributed by atoms with Crippen molar-refractivity contribution in [3.63, 3.8) is 0 Å². The lowest BCUT2D eigenvalue weighted by atomic mass is 10.2. The number of hydrogen-bond donors (Lipinski definition) is 2. The van der Waals surface area contributed by atoms with Gasteiger partial charge in [0.25, 0.3) is 11.5 Å². The van der Waals surface area contributed by atoms with E-state index in [1.807, 2.05) is 30.3 Å². The van der Waals surface area contributed by atoms with Crippen LogP contribution in [0.2, 0.25) is 10.0 Å². The van der Waals surface area contributed by atoms with E-state index in [1.54, 1.807) is 24.3 Å². The number of amides is 2. The highest BCUT2D eigenvalue weighted by molar-refractivity contribution is 6.37. The molecule has 0 aliphatic rings. The minimum Gasteiger partial charge on any atom is -0.352 e. The number of carbonyl (C=O) groups is 2. The number of halogens is 2. The van der Waals surface area contributed by atoms with Gasteiger partial charge in [-0.25, -0.2) is 9.66 Å². The van der Waals surface area contributed by atoms with Crippen molar-refractivity contribution < 1.29 is 9.59 Å². The summed E-state index contributed by atoms with van der Waals surface area (Å²) in [7, 11) is 0. The van der Waals surface area contributed by atoms with E-state index >= 15 is 0 Å². The summed E-state index contributed by atoms with van der Waals surface area (Å²) >= 11 is 12.0. The fraction of sp³-hybridized carbons (Fsp3) is 0.0833. The molecular weight excluding hydrogens is 463 g/mol. The lowest BCUT2D eigenvalue weighted by Gasteiger charge is -2.15. The minimum atomic E-state index is -0.637. The molecule has 1 aromatic heterocycles. The van der Waals surface area contributed by atoms with Crippen LogP contribution in [0.25, 0.3) is 10.9 Å². The standard InChI is InChI=1S/C24H18Cl2N4O3/c25-16-10-11-17(19(26)12-16)23(32)29-30-21(28-20-9-5-4-8-18(20)24(30)33)13-22(31)27-14-15-6-2-1-3-7-15/h1-12H,13-14H2,(H,27,31)(H,29,32). The summed E-state index contributed by atoms with van der Waals surface area (Å²) in [4.78, 5) is 43.1. The zero-order chi connectivity index (χ0) is 23.4. The summed E-state index contributed by atoms with van der Waals surface area (Å²) in [5.41, 5.74) is 3.49. The Labute approximate surface area is 198 Å². The van der Waals surface area contributed by atoms with Gasteiger partial charge >= 0.3 is 0 Å². The molecule has 1 heterocycles. The smallest absolute Gasteiger partial charge is 0.280 e. The fourth-order valence-electron chi connectivity index (χ4n) is 3.25. The van der Waals surface area contributed by atoms with Gasteiger partial charge in [0.1, 0.15) is 5.82 Å². The molecule has 2 N–H and O–H groups in total. The van der Waals surface area contributed by atoms with E-state index in [4.69, 9.17) is 23.2 Å². The summed E-state index contributed by atoms with van der Waals surface area (Å²) in [5, 5.41) is 3.60. The Morgan fingerprint density at radius 3 is 2.42 bits per heavy atom. The molecule has 3 aromatic carbocycles. The van der Waals surface area contributed by atoms with Crippen LogP contribution in [-0.4, -0.2) is 21.5 Å². The molecule has 0 bridgehead atoms. The lowest BCUT2D eigenvalue weighted by molar-refractivity contribution is -0.120. The Bertz CT molecular complexity index is 1400. The molecule has 0 radical (unpaired) electrons. The Kier molecular flexibility index (Phi) is 6.72. The Balaban J connectivity index is 1.64. The van der Waals surface area contributed by atoms with E-state index in [-0.39, 0.29) is 28.7 Å². The van der Waals surface area contributed by atoms with Gasteiger partial charge in [0.15, 0.2) is 0 Å². The number of rotatable bonds is 6. The van der Waals surface area contributed by atoms with Gasteiger partial charge in [-0.3, -0.25) is 19.8 Å². The third-order valence-corrected chi connectivity index (χ3v) is 5.43. The zero-order valence-corrected chi connectivity index (χ0v) is 18.7. The van der Waals surface area contributed by atoms with Gasteiger partial charge in [0, 0.05) is 11.6 Å². The summed E-state index contributed by atoms with van der Waals surface area (Å²) < 4.78 is 0.984. The van der Waals surface area contributed by atoms with Crippen molar-refractivity contribution in [2.45, 2.75) is 13.0 Å². The van der Waals surface area contributed by atoms with Gasteiger partial charge in [-0.1, -0.05) is 65.7 Å². The number of benzene rings is 3. The quantitative estimate of drug-likeness (QED) is 0.436. The molecule has 0 saturated heterocycles. The van der Waals surface area contributed by atoms with Gasteiger partial charge in [-0.15, -0.1) is 0 Å². The average Bonchev–Trinajstić information content (AvgIpc) is 2.81. The number of hydrogen-bond acceptors (Lipinski definition) is 4. The molecule has 7 nitrogen and oxygen atoms in total. The number of para-hydroxylation sites is 1. The predicted octanol–water partition coefficient (Wildman–Crippen LogP) is 3.95. The molecule has 33 heavy (non-hydrogen) atoms. The Morgan fingerprint density at radius 2 is 1.67 bits per heavy atom. The van der Waals surface area contributed by atoms with Crippen LogP contribution < -0.4 is 16.3 Å². The summed E-state index contributed by atoms with van der Waals surface area (Å²) in [6.45, 7) is 0.324. The first kappa shape index (κ1) is 22.5. The van der Waals surface area contributed by atoms with Crippen LogP contribution >= 0.6 is 23.2 Å². The number of carbonyl (C=O) groups excluding carboxylic acids is 2. The largest absolute Gasteiger partial charge is 0.352 e. The minimum absolute atomic E-state index is 0.0858. The van der Waals surface area contributed by atoms with Crippen LogP contribution in [0.5, 0.6) is 0 Å². The summed E-state index contributed by atoms with van der Waals surface area (Å²) in [6.07, 6.45) is -0.221. The van der Waals surface area contributed by atoms with Crippen molar-refractivity contribution in [3.8, 4) is 0 Å². The fourth-order valence-corrected chi connectivity index (χ4v) is 3.74. The second-order valence-electron chi connectivity index (χ2n) is 7.19. The van der Waals surface area contributed by atoms with Crippen LogP contribution in [0.3, 0.4) is 0 Å². The maximum atomic E-state index is 13.1. The molecule has 4 rings (SSSR count). The van der Waals surface area contributed by atoms with E-state index in [0.29, 0.717) is 22.5 Å². The molecule has 4 aromatic rings. The van der Waals surface area contributed by atoms with Crippen molar-refractivity contribution in [3.05, 3.63) is 110 Å². The normalized spacial score (nSPS) is 10.7. The molecular formula is C24H18Cl2N4O3. The second kappa shape index (κ2) is 9.85. The first-order chi connectivity index (χ1) is 15.9. The van der Waals surface area contributed by atoms with Crippen molar-refractivity contribution >= 4 is 45.9 Å². The lowest BCUT2D eigenvalue weighted by Crippen LogP contribution is -2.38. The van der Waals surface area contributed by atoms with Gasteiger partial charge in [-0.05, 0) is 35.9 Å². The zero-order valence-electron chi connectivity index (χ0n) is 17.2. The molecule has 0 saturated carbocycles. The van der Waals surface area contributed by atoms with E-state index in [2.05, 4.69) is 15.7 Å².